The molecule has 0 saturated carbocycles. The Hall–Kier alpha value is -1.20. The van der Waals surface area contributed by atoms with Crippen molar-refractivity contribution in [2.75, 3.05) is 31.0 Å². The van der Waals surface area contributed by atoms with Crippen LogP contribution in [-0.2, 0) is 11.2 Å². The molecule has 1 aromatic carbocycles. The van der Waals surface area contributed by atoms with E-state index in [1.165, 1.54) is 5.56 Å². The predicted molar refractivity (Wildman–Crippen MR) is 70.9 cm³/mol. The molecular weight excluding hydrogens is 236 g/mol. The Morgan fingerprint density at radius 3 is 3.12 bits per heavy atom. The molecule has 4 nitrogen and oxygen atoms in total. The molecule has 1 N–H and O–H groups in total. The molecule has 1 aliphatic heterocycles. The number of nitrogens with one attached hydrogen (secondary N) is 1. The molecule has 1 aliphatic rings. The van der Waals surface area contributed by atoms with Crippen molar-refractivity contribution < 1.29 is 9.53 Å². The van der Waals surface area contributed by atoms with E-state index in [0.29, 0.717) is 5.88 Å². The Morgan fingerprint density at radius 1 is 1.53 bits per heavy atom. The molecule has 0 radical (unpaired) electrons. The van der Waals surface area contributed by atoms with Gasteiger partial charge in [-0.25, -0.2) is 0 Å². The number of anilines is 1. The topological polar surface area (TPSA) is 41.6 Å². The average Bonchev–Trinajstić information content (AvgIpc) is 2.35. The number of nitrogens with zero attached hydrogens (tertiary/aromatic N) is 1. The van der Waals surface area contributed by atoms with Crippen LogP contribution in [0.4, 0.5) is 5.69 Å². The highest BCUT2D eigenvalue weighted by Crippen LogP contribution is 2.31. The molecule has 0 saturated heterocycles. The van der Waals surface area contributed by atoms with Crippen LogP contribution in [0.15, 0.2) is 18.2 Å². The summed E-state index contributed by atoms with van der Waals surface area (Å²) in [5, 5.41) is 3.15. The van der Waals surface area contributed by atoms with E-state index in [2.05, 4.69) is 17.9 Å². The van der Waals surface area contributed by atoms with Crippen molar-refractivity contribution in [3.63, 3.8) is 0 Å². The zero-order chi connectivity index (χ0) is 12.3. The van der Waals surface area contributed by atoms with Crippen molar-refractivity contribution in [1.82, 2.24) is 5.32 Å². The highest BCUT2D eigenvalue weighted by molar-refractivity contribution is 7.80. The van der Waals surface area contributed by atoms with Gasteiger partial charge in [0.25, 0.3) is 5.91 Å². The minimum absolute atomic E-state index is 0.0110. The molecule has 0 aliphatic carbocycles. The number of carbonyl (C=O) groups is 1. The van der Waals surface area contributed by atoms with Gasteiger partial charge in [0.05, 0.1) is 5.69 Å². The minimum atomic E-state index is -0.0110. The summed E-state index contributed by atoms with van der Waals surface area (Å²) in [6.07, 6.45) is 0.913. The number of rotatable bonds is 4. The van der Waals surface area contributed by atoms with Crippen molar-refractivity contribution in [1.29, 1.82) is 0 Å². The lowest BCUT2D eigenvalue weighted by atomic mass is 10.1. The summed E-state index contributed by atoms with van der Waals surface area (Å²) in [7, 11) is 1.78. The summed E-state index contributed by atoms with van der Waals surface area (Å²) in [5.41, 5.74) is 2.04. The second kappa shape index (κ2) is 5.42. The van der Waals surface area contributed by atoms with Crippen LogP contribution in [0.3, 0.4) is 0 Å². The number of benzene rings is 1. The number of amides is 1. The molecule has 0 unspecified atom stereocenters. The summed E-state index contributed by atoms with van der Waals surface area (Å²) in [6, 6.07) is 5.96. The van der Waals surface area contributed by atoms with Gasteiger partial charge in [-0.15, -0.1) is 0 Å². The molecule has 17 heavy (non-hydrogen) atoms. The van der Waals surface area contributed by atoms with Crippen LogP contribution in [-0.4, -0.2) is 32.0 Å². The second-order valence-electron chi connectivity index (χ2n) is 3.95. The normalized spacial score (nSPS) is 14.5. The molecule has 0 aromatic heterocycles. The molecule has 5 heteroatoms. The van der Waals surface area contributed by atoms with E-state index >= 15 is 0 Å². The fourth-order valence-corrected chi connectivity index (χ4v) is 1.94. The maximum atomic E-state index is 11.5. The lowest BCUT2D eigenvalue weighted by Gasteiger charge is -2.26. The Kier molecular flexibility index (Phi) is 3.91. The van der Waals surface area contributed by atoms with Gasteiger partial charge >= 0.3 is 0 Å². The number of hydrogen-bond acceptors (Lipinski definition) is 4. The van der Waals surface area contributed by atoms with Crippen molar-refractivity contribution >= 4 is 24.2 Å². The lowest BCUT2D eigenvalue weighted by Crippen LogP contribution is -2.35. The molecular formula is C12H16N2O2S. The van der Waals surface area contributed by atoms with Crippen LogP contribution < -0.4 is 15.0 Å². The van der Waals surface area contributed by atoms with Gasteiger partial charge in [0.15, 0.2) is 6.61 Å². The van der Waals surface area contributed by atoms with E-state index < -0.39 is 0 Å². The number of hydrogen-bond donors (Lipinski definition) is 2. The van der Waals surface area contributed by atoms with Crippen molar-refractivity contribution in [3.8, 4) is 5.75 Å². The quantitative estimate of drug-likeness (QED) is 0.478. The van der Waals surface area contributed by atoms with E-state index in [-0.39, 0.29) is 12.5 Å². The van der Waals surface area contributed by atoms with Crippen molar-refractivity contribution in [3.05, 3.63) is 23.8 Å². The van der Waals surface area contributed by atoms with Crippen molar-refractivity contribution in [2.45, 2.75) is 6.42 Å². The zero-order valence-electron chi connectivity index (χ0n) is 9.77. The first-order chi connectivity index (χ1) is 8.22. The number of carbonyl (C=O) groups excluding carboxylic acids is 1. The first-order valence-electron chi connectivity index (χ1n) is 5.56. The second-order valence-corrected chi connectivity index (χ2v) is 4.27. The molecule has 1 aromatic rings. The number of fused-ring (bicyclic) bond motifs is 1. The molecule has 0 bridgehead atoms. The third-order valence-electron chi connectivity index (χ3n) is 2.81. The van der Waals surface area contributed by atoms with Gasteiger partial charge in [-0.2, -0.15) is 12.6 Å². The van der Waals surface area contributed by atoms with Gasteiger partial charge in [-0.3, -0.25) is 4.79 Å². The van der Waals surface area contributed by atoms with Crippen LogP contribution in [0.25, 0.3) is 0 Å². The lowest BCUT2D eigenvalue weighted by molar-refractivity contribution is -0.120. The van der Waals surface area contributed by atoms with Crippen LogP contribution in [0.5, 0.6) is 5.75 Å². The third kappa shape index (κ3) is 2.73. The highest BCUT2D eigenvalue weighted by atomic mass is 32.1. The summed E-state index contributed by atoms with van der Waals surface area (Å²) >= 11 is 4.09. The van der Waals surface area contributed by atoms with Gasteiger partial charge < -0.3 is 15.0 Å². The van der Waals surface area contributed by atoms with Gasteiger partial charge in [0.2, 0.25) is 0 Å². The zero-order valence-corrected chi connectivity index (χ0v) is 10.7. The third-order valence-corrected chi connectivity index (χ3v) is 3.04. The number of ether oxygens (including phenoxy) is 1. The van der Waals surface area contributed by atoms with E-state index in [9.17, 15) is 4.79 Å². The first kappa shape index (κ1) is 12.3. The number of likely N-dealkylation sites (N-methyl/N-ethyl adjacent to an activating group) is 1. The Bertz CT molecular complexity index is 423. The van der Waals surface area contributed by atoms with Gasteiger partial charge in [0, 0.05) is 12.9 Å². The highest BCUT2D eigenvalue weighted by Gasteiger charge is 2.21. The summed E-state index contributed by atoms with van der Waals surface area (Å²) in [6.45, 7) is 1.00. The van der Waals surface area contributed by atoms with Crippen LogP contribution in [0.2, 0.25) is 0 Å². The molecule has 1 amide bonds. The number of thiol groups is 1. The maximum absolute atomic E-state index is 11.5. The Balaban J connectivity index is 2.14. The fraction of sp³-hybridized carbons (Fsp3) is 0.417. The minimum Gasteiger partial charge on any atom is -0.482 e. The molecule has 2 rings (SSSR count). The largest absolute Gasteiger partial charge is 0.482 e. The van der Waals surface area contributed by atoms with Crippen LogP contribution in [0.1, 0.15) is 5.56 Å². The van der Waals surface area contributed by atoms with E-state index in [4.69, 9.17) is 4.74 Å². The fourth-order valence-electron chi connectivity index (χ4n) is 1.79. The Morgan fingerprint density at radius 2 is 2.35 bits per heavy atom. The monoisotopic (exact) mass is 252 g/mol. The van der Waals surface area contributed by atoms with Crippen LogP contribution in [0, 0.1) is 0 Å². The van der Waals surface area contributed by atoms with Gasteiger partial charge in [-0.1, -0.05) is 6.07 Å². The SMILES string of the molecule is CN1C(=O)COc2ccc(CCNCS)cc21. The molecule has 92 valence electrons. The average molecular weight is 252 g/mol. The van der Waals surface area contributed by atoms with Gasteiger partial charge in [0.1, 0.15) is 5.75 Å². The maximum Gasteiger partial charge on any atom is 0.264 e. The summed E-state index contributed by atoms with van der Waals surface area (Å²) in [5.74, 6) is 1.44. The summed E-state index contributed by atoms with van der Waals surface area (Å²) < 4.78 is 5.37. The predicted octanol–water partition coefficient (Wildman–Crippen LogP) is 1.06. The smallest absolute Gasteiger partial charge is 0.264 e. The van der Waals surface area contributed by atoms with E-state index in [1.54, 1.807) is 11.9 Å². The standard InChI is InChI=1S/C12H16N2O2S/c1-14-10-6-9(4-5-13-8-17)2-3-11(10)16-7-12(14)15/h2-3,6,13,17H,4-5,7-8H2,1H3. The Labute approximate surface area is 106 Å². The first-order valence-corrected chi connectivity index (χ1v) is 6.19. The van der Waals surface area contributed by atoms with E-state index in [0.717, 1.165) is 24.4 Å². The molecule has 0 fully saturated rings. The molecule has 0 atom stereocenters. The van der Waals surface area contributed by atoms with Crippen molar-refractivity contribution in [2.24, 2.45) is 0 Å². The van der Waals surface area contributed by atoms with Crippen LogP contribution >= 0.6 is 12.6 Å². The van der Waals surface area contributed by atoms with Gasteiger partial charge in [-0.05, 0) is 30.7 Å². The molecule has 0 spiro atoms. The summed E-state index contributed by atoms with van der Waals surface area (Å²) in [4.78, 5) is 13.2. The molecule has 1 heterocycles. The van der Waals surface area contributed by atoms with E-state index in [1.807, 2.05) is 18.2 Å².